The van der Waals surface area contributed by atoms with Gasteiger partial charge in [0, 0.05) is 79.8 Å². The summed E-state index contributed by atoms with van der Waals surface area (Å²) in [5.74, 6) is -10.5. The number of rotatable bonds is 14. The molecule has 105 heavy (non-hydrogen) atoms. The molecule has 2 bridgehead atoms. The number of ether oxygens (including phenoxy) is 1. The average molecular weight is 1460 g/mol. The number of methoxy groups -OCH3 is 1. The van der Waals surface area contributed by atoms with E-state index in [1.807, 2.05) is 24.3 Å². The molecular formula is C75H93F3N14O13. The van der Waals surface area contributed by atoms with Crippen LogP contribution in [0, 0.1) is 11.6 Å². The zero-order valence-corrected chi connectivity index (χ0v) is 59.3. The summed E-state index contributed by atoms with van der Waals surface area (Å²) in [6.07, 6.45) is 4.21. The second kappa shape index (κ2) is 35.7. The van der Waals surface area contributed by atoms with Crippen molar-refractivity contribution >= 4 is 86.8 Å². The van der Waals surface area contributed by atoms with Crippen molar-refractivity contribution in [1.29, 1.82) is 0 Å². The van der Waals surface area contributed by atoms with Crippen LogP contribution in [0.2, 0.25) is 0 Å². The normalized spacial score (nSPS) is 25.6. The van der Waals surface area contributed by atoms with Gasteiger partial charge in [-0.1, -0.05) is 48.6 Å². The third-order valence-electron chi connectivity index (χ3n) is 19.6. The van der Waals surface area contributed by atoms with Crippen LogP contribution in [0.4, 0.5) is 13.2 Å². The molecule has 0 unspecified atom stereocenters. The maximum atomic E-state index is 16.2. The van der Waals surface area contributed by atoms with Gasteiger partial charge in [-0.2, -0.15) is 0 Å². The molecule has 2 aromatic heterocycles. The number of amides is 11. The third-order valence-corrected chi connectivity index (χ3v) is 19.6. The Labute approximate surface area is 605 Å². The van der Waals surface area contributed by atoms with Crippen LogP contribution >= 0.6 is 0 Å². The van der Waals surface area contributed by atoms with Crippen molar-refractivity contribution in [1.82, 2.24) is 62.3 Å². The highest BCUT2D eigenvalue weighted by molar-refractivity contribution is 6.01. The Balaban J connectivity index is 1.07. The number of aromatic nitrogens is 2. The number of carbonyl (C=O) groups excluding carboxylic acids is 11. The maximum absolute atomic E-state index is 16.2. The van der Waals surface area contributed by atoms with Crippen molar-refractivity contribution in [2.24, 2.45) is 11.5 Å². The predicted molar refractivity (Wildman–Crippen MR) is 382 cm³/mol. The average Bonchev–Trinajstić information content (AvgIpc) is 1.73. The number of nitrogens with one attached hydrogen (secondary N) is 10. The number of aromatic amines is 2. The number of hydrogen-bond acceptors (Lipinski definition) is 14. The van der Waals surface area contributed by atoms with Gasteiger partial charge in [-0.3, -0.25) is 52.7 Å². The zero-order chi connectivity index (χ0) is 75.8. The smallest absolute Gasteiger partial charge is 0.246 e. The summed E-state index contributed by atoms with van der Waals surface area (Å²) in [4.78, 5) is 167. The van der Waals surface area contributed by atoms with Crippen molar-refractivity contribution in [3.8, 4) is 5.75 Å². The number of hydrogen-bond donors (Lipinski definition) is 13. The first-order valence-electron chi connectivity index (χ1n) is 35.3. The lowest BCUT2D eigenvalue weighted by molar-refractivity contribution is -0.147. The number of fused-ring (bicyclic) bond motifs is 31. The summed E-state index contributed by atoms with van der Waals surface area (Å²) < 4.78 is 51.6. The van der Waals surface area contributed by atoms with Crippen LogP contribution in [0.15, 0.2) is 109 Å². The number of nitrogens with zero attached hydrogens (tertiary/aromatic N) is 2. The molecule has 0 saturated carbocycles. The molecule has 10 rings (SSSR count). The lowest BCUT2D eigenvalue weighted by Gasteiger charge is -2.37. The van der Waals surface area contributed by atoms with Crippen molar-refractivity contribution in [3.63, 3.8) is 0 Å². The Bertz CT molecular complexity index is 4190. The van der Waals surface area contributed by atoms with Gasteiger partial charge >= 0.3 is 0 Å². The summed E-state index contributed by atoms with van der Waals surface area (Å²) in [6.45, 7) is 4.77. The largest absolute Gasteiger partial charge is 0.497 e. The monoisotopic (exact) mass is 1450 g/mol. The molecule has 12 atom stereocenters. The maximum Gasteiger partial charge on any atom is 0.246 e. The quantitative estimate of drug-likeness (QED) is 0.0424. The Morgan fingerprint density at radius 2 is 1.30 bits per heavy atom. The lowest BCUT2D eigenvalue weighted by atomic mass is 9.94. The summed E-state index contributed by atoms with van der Waals surface area (Å²) in [6, 6.07) is 7.78. The van der Waals surface area contributed by atoms with Gasteiger partial charge in [0.2, 0.25) is 65.0 Å². The minimum absolute atomic E-state index is 0.0187. The number of unbranched alkanes of at least 4 members (excludes halogenated alkanes) is 1. The number of alkyl halides is 1. The van der Waals surface area contributed by atoms with Gasteiger partial charge in [0.05, 0.1) is 19.8 Å². The highest BCUT2D eigenvalue weighted by atomic mass is 19.1. The first-order chi connectivity index (χ1) is 50.1. The molecule has 11 amide bonds. The molecule has 0 aliphatic carbocycles. The standard InChI is InChI=1S/C75H93F3N14O13/c1-41-66(96)86-60(33-47-38-81-55-26-22-49(76)35-53(47)55)69(99)87-62(34-48-39-82-56-27-23-50(77)36-54(48)56)72(102)91-40-51(78)37-63(91)70(100)90-64(42(2)93)71(101)88-61(32-46-20-24-52(105-5)25-21-46)73(103)92-30-12-28-75(92,4)74(104)89-59(65(80)95)31-45-18-16-44(17-19-45)13-8-6-7-9-14-57(84-43(3)94)68(98)85-58(67(97)83-41)15-10-11-29-79/h6,8,16-27,35-36,38-39,41-42,51,57-64,81-82,93H,7,9-15,28-34,37,40,79H2,1-5H3,(H2,80,95)(H,83,97)(H,84,94)(H,85,98)(H,86,96)(H,87,99)(H,88,101)(H,89,104)(H,90,100)/b8-6-/t41-,42-,51+,57+,58+,59+,60+,61+,62+,63+,64+,75+/m1/s1. The molecule has 4 aliphatic rings. The van der Waals surface area contributed by atoms with Crippen LogP contribution < -0.4 is 58.7 Å². The van der Waals surface area contributed by atoms with Gasteiger partial charge in [-0.15, -0.1) is 0 Å². The van der Waals surface area contributed by atoms with Gasteiger partial charge in [0.15, 0.2) is 0 Å². The van der Waals surface area contributed by atoms with Crippen molar-refractivity contribution in [2.45, 2.75) is 190 Å². The van der Waals surface area contributed by atoms with Crippen molar-refractivity contribution in [3.05, 3.63) is 149 Å². The molecule has 0 radical (unpaired) electrons. The number of carbonyl (C=O) groups is 11. The SMILES string of the molecule is COc1ccc(C[C@@H]2NC(=O)[C@H]([C@@H](C)O)NC(=O)[C@@H]3C[C@H](F)CN3C(=O)[C@H](Cc3c[nH]c4ccc(F)cc34)NC(=O)[C@H](Cc3c[nH]c4ccc(F)cc34)NC(=O)[C@@H](C)NC(=O)[C@H](CCCCN)NC(=O)[C@@H](NC(C)=O)CCC/C=C\Cc3ccc(cc3)C[C@@H](C(N)=O)NC(=O)[C@]3(C)CCCN3C2=O)cc1. The molecule has 27 nitrogen and oxygen atoms in total. The Morgan fingerprint density at radius 3 is 1.91 bits per heavy atom. The fraction of sp³-hybridized carbons (Fsp3) is 0.453. The van der Waals surface area contributed by atoms with E-state index in [0.717, 1.165) is 10.5 Å². The molecule has 4 aliphatic heterocycles. The molecule has 2 saturated heterocycles. The van der Waals surface area contributed by atoms with E-state index in [0.29, 0.717) is 77.4 Å². The van der Waals surface area contributed by atoms with Gasteiger partial charge in [0.25, 0.3) is 0 Å². The second-order valence-corrected chi connectivity index (χ2v) is 27.5. The van der Waals surface area contributed by atoms with Crippen LogP contribution in [-0.2, 0) is 84.8 Å². The molecule has 4 aromatic carbocycles. The number of benzene rings is 4. The number of allylic oxidation sites excluding steroid dienone is 2. The van der Waals surface area contributed by atoms with Crippen LogP contribution in [0.5, 0.6) is 5.75 Å². The number of halogens is 3. The minimum atomic E-state index is -1.90. The Kier molecular flexibility index (Phi) is 26.7. The van der Waals surface area contributed by atoms with E-state index >= 15 is 23.2 Å². The molecule has 2 fully saturated rings. The first-order valence-corrected chi connectivity index (χ1v) is 35.3. The zero-order valence-electron chi connectivity index (χ0n) is 59.3. The fourth-order valence-electron chi connectivity index (χ4n) is 13.7. The van der Waals surface area contributed by atoms with Crippen LogP contribution in [-0.4, -0.2) is 189 Å². The topological polar surface area (TPSA) is 404 Å². The predicted octanol–water partition coefficient (Wildman–Crippen LogP) is 2.72. The molecular weight excluding hydrogens is 1360 g/mol. The van der Waals surface area contributed by atoms with E-state index < -0.39 is 175 Å². The summed E-state index contributed by atoms with van der Waals surface area (Å²) in [5, 5.41) is 33.3. The summed E-state index contributed by atoms with van der Waals surface area (Å²) >= 11 is 0. The van der Waals surface area contributed by atoms with E-state index in [4.69, 9.17) is 16.2 Å². The lowest BCUT2D eigenvalue weighted by Crippen LogP contribution is -2.64. The van der Waals surface area contributed by atoms with E-state index in [9.17, 15) is 47.9 Å². The van der Waals surface area contributed by atoms with Gasteiger partial charge < -0.3 is 83.6 Å². The number of aliphatic hydroxyl groups excluding tert-OH is 1. The minimum Gasteiger partial charge on any atom is -0.497 e. The van der Waals surface area contributed by atoms with E-state index in [1.165, 1.54) is 88.5 Å². The van der Waals surface area contributed by atoms with Crippen LogP contribution in [0.3, 0.4) is 0 Å². The first kappa shape index (κ1) is 78.5. The van der Waals surface area contributed by atoms with E-state index in [2.05, 4.69) is 52.5 Å². The molecule has 30 heteroatoms. The molecule has 0 spiro atoms. The highest BCUT2D eigenvalue weighted by Crippen LogP contribution is 2.32. The third kappa shape index (κ3) is 20.2. The van der Waals surface area contributed by atoms with Gasteiger partial charge in [-0.05, 0) is 161 Å². The second-order valence-electron chi connectivity index (χ2n) is 27.5. The van der Waals surface area contributed by atoms with Crippen molar-refractivity contribution < 1.29 is 75.8 Å². The summed E-state index contributed by atoms with van der Waals surface area (Å²) in [5.41, 5.74) is 13.6. The molecule has 562 valence electrons. The van der Waals surface area contributed by atoms with Crippen molar-refractivity contribution in [2.75, 3.05) is 26.7 Å². The van der Waals surface area contributed by atoms with Crippen LogP contribution in [0.1, 0.15) is 113 Å². The number of primary amides is 1. The Morgan fingerprint density at radius 1 is 0.695 bits per heavy atom. The van der Waals surface area contributed by atoms with E-state index in [-0.39, 0.29) is 56.1 Å². The highest BCUT2D eigenvalue weighted by Gasteiger charge is 2.50. The van der Waals surface area contributed by atoms with E-state index in [1.54, 1.807) is 36.4 Å². The molecule has 15 N–H and O–H groups in total. The number of aliphatic hydroxyl groups is 1. The molecule has 6 heterocycles. The number of nitrogens with two attached hydrogens (primary N) is 2. The fourth-order valence-corrected chi connectivity index (χ4v) is 13.7. The van der Waals surface area contributed by atoms with Gasteiger partial charge in [-0.25, -0.2) is 13.2 Å². The molecule has 6 aromatic rings. The van der Waals surface area contributed by atoms with Crippen LogP contribution in [0.25, 0.3) is 21.8 Å². The Hall–Kier alpha value is -10.6. The number of H-pyrrole nitrogens is 2. The summed E-state index contributed by atoms with van der Waals surface area (Å²) in [7, 11) is 1.46. The van der Waals surface area contributed by atoms with Gasteiger partial charge in [0.1, 0.15) is 83.5 Å².